The van der Waals surface area contributed by atoms with E-state index in [-0.39, 0.29) is 6.04 Å². The summed E-state index contributed by atoms with van der Waals surface area (Å²) in [5, 5.41) is 7.05. The van der Waals surface area contributed by atoms with Gasteiger partial charge in [-0.3, -0.25) is 14.8 Å². The number of methoxy groups -OCH3 is 1. The average Bonchev–Trinajstić information content (AvgIpc) is 2.83. The molecule has 2 aliphatic rings. The molecule has 3 rings (SSSR count). The van der Waals surface area contributed by atoms with Gasteiger partial charge in [-0.05, 0) is 23.6 Å². The lowest BCUT2D eigenvalue weighted by Gasteiger charge is -2.35. The van der Waals surface area contributed by atoms with E-state index in [1.807, 2.05) is 19.2 Å². The van der Waals surface area contributed by atoms with Crippen molar-refractivity contribution in [3.05, 3.63) is 29.8 Å². The molecule has 8 nitrogen and oxygen atoms in total. The fourth-order valence-corrected chi connectivity index (χ4v) is 4.15. The van der Waals surface area contributed by atoms with Crippen LogP contribution in [0.25, 0.3) is 0 Å². The largest absolute Gasteiger partial charge is 0.497 e. The quantitative estimate of drug-likeness (QED) is 0.448. The Morgan fingerprint density at radius 2 is 1.61 bits per heavy atom. The normalized spacial score (nSPS) is 20.8. The van der Waals surface area contributed by atoms with Crippen molar-refractivity contribution < 1.29 is 14.2 Å². The van der Waals surface area contributed by atoms with E-state index in [2.05, 4.69) is 44.5 Å². The van der Waals surface area contributed by atoms with E-state index < -0.39 is 0 Å². The number of ether oxygens (including phenoxy) is 3. The average molecular weight is 434 g/mol. The van der Waals surface area contributed by atoms with E-state index in [1.54, 1.807) is 7.11 Å². The number of nitrogens with zero attached hydrogens (tertiary/aromatic N) is 3. The minimum atomic E-state index is 0.249. The molecule has 2 saturated heterocycles. The molecule has 0 bridgehead atoms. The molecule has 174 valence electrons. The molecule has 0 spiro atoms. The Labute approximate surface area is 186 Å². The lowest BCUT2D eigenvalue weighted by Crippen LogP contribution is -2.47. The van der Waals surface area contributed by atoms with Gasteiger partial charge in [-0.2, -0.15) is 0 Å². The fraction of sp³-hybridized carbons (Fsp3) is 0.696. The van der Waals surface area contributed by atoms with Crippen molar-refractivity contribution in [1.82, 2.24) is 20.4 Å². The van der Waals surface area contributed by atoms with Crippen LogP contribution in [-0.2, 0) is 9.47 Å². The summed E-state index contributed by atoms with van der Waals surface area (Å²) in [6.45, 7) is 12.2. The van der Waals surface area contributed by atoms with Crippen LogP contribution < -0.4 is 15.4 Å². The van der Waals surface area contributed by atoms with Crippen LogP contribution in [0.15, 0.2) is 29.3 Å². The Balaban J connectivity index is 1.52. The summed E-state index contributed by atoms with van der Waals surface area (Å²) in [5.74, 6) is 2.26. The molecule has 31 heavy (non-hydrogen) atoms. The first-order chi connectivity index (χ1) is 15.2. The van der Waals surface area contributed by atoms with Gasteiger partial charge >= 0.3 is 0 Å². The van der Waals surface area contributed by atoms with Gasteiger partial charge in [0, 0.05) is 52.9 Å². The highest BCUT2D eigenvalue weighted by molar-refractivity contribution is 5.79. The van der Waals surface area contributed by atoms with Crippen LogP contribution in [0.3, 0.4) is 0 Å². The van der Waals surface area contributed by atoms with Gasteiger partial charge in [0.15, 0.2) is 5.96 Å². The van der Waals surface area contributed by atoms with Gasteiger partial charge in [0.25, 0.3) is 0 Å². The van der Waals surface area contributed by atoms with Crippen molar-refractivity contribution in [2.45, 2.75) is 13.0 Å². The van der Waals surface area contributed by atoms with Gasteiger partial charge in [0.05, 0.1) is 39.6 Å². The highest BCUT2D eigenvalue weighted by Gasteiger charge is 2.23. The van der Waals surface area contributed by atoms with Crippen molar-refractivity contribution in [2.24, 2.45) is 10.9 Å². The van der Waals surface area contributed by atoms with Gasteiger partial charge in [-0.1, -0.05) is 19.1 Å². The molecule has 0 saturated carbocycles. The van der Waals surface area contributed by atoms with Crippen molar-refractivity contribution >= 4 is 5.96 Å². The third-order valence-corrected chi connectivity index (χ3v) is 5.97. The number of benzene rings is 1. The second-order valence-corrected chi connectivity index (χ2v) is 8.29. The Morgan fingerprint density at radius 1 is 1.00 bits per heavy atom. The molecular formula is C23H39N5O3. The van der Waals surface area contributed by atoms with Gasteiger partial charge in [-0.25, -0.2) is 0 Å². The molecular weight excluding hydrogens is 394 g/mol. The Morgan fingerprint density at radius 3 is 2.23 bits per heavy atom. The smallest absolute Gasteiger partial charge is 0.191 e. The minimum Gasteiger partial charge on any atom is -0.497 e. The predicted molar refractivity (Wildman–Crippen MR) is 124 cm³/mol. The van der Waals surface area contributed by atoms with Crippen LogP contribution in [0.2, 0.25) is 0 Å². The molecule has 2 heterocycles. The Kier molecular flexibility index (Phi) is 9.86. The zero-order chi connectivity index (χ0) is 21.9. The number of hydrogen-bond acceptors (Lipinski definition) is 6. The molecule has 2 atom stereocenters. The van der Waals surface area contributed by atoms with Gasteiger partial charge in [-0.15, -0.1) is 0 Å². The molecule has 1 aromatic carbocycles. The summed E-state index contributed by atoms with van der Waals surface area (Å²) in [4.78, 5) is 9.40. The van der Waals surface area contributed by atoms with Gasteiger partial charge in [0.1, 0.15) is 5.75 Å². The first-order valence-corrected chi connectivity index (χ1v) is 11.4. The molecule has 2 aliphatic heterocycles. The Hall–Kier alpha value is -1.87. The summed E-state index contributed by atoms with van der Waals surface area (Å²) in [6, 6.07) is 8.62. The third-order valence-electron chi connectivity index (χ3n) is 5.97. The third kappa shape index (κ3) is 7.64. The van der Waals surface area contributed by atoms with Gasteiger partial charge in [0.2, 0.25) is 0 Å². The van der Waals surface area contributed by atoms with Crippen LogP contribution >= 0.6 is 0 Å². The lowest BCUT2D eigenvalue weighted by atomic mass is 10.0. The molecule has 2 N–H and O–H groups in total. The second kappa shape index (κ2) is 12.9. The molecule has 0 amide bonds. The van der Waals surface area contributed by atoms with Crippen LogP contribution in [0.4, 0.5) is 0 Å². The second-order valence-electron chi connectivity index (χ2n) is 8.29. The SMILES string of the molecule is CN=C(NCC(C)CN1CCOCC1)NCC(c1ccc(OC)cc1)N1CCOCC1. The molecule has 2 unspecified atom stereocenters. The molecule has 2 fully saturated rings. The van der Waals surface area contributed by atoms with Crippen LogP contribution in [0, 0.1) is 5.92 Å². The van der Waals surface area contributed by atoms with Crippen LogP contribution in [-0.4, -0.2) is 102 Å². The zero-order valence-corrected chi connectivity index (χ0v) is 19.3. The molecule has 1 aromatic rings. The standard InChI is InChI=1S/C23H39N5O3/c1-19(18-27-8-12-30-13-9-27)16-25-23(24-2)26-17-22(28-10-14-31-15-11-28)20-4-6-21(29-3)7-5-20/h4-7,19,22H,8-18H2,1-3H3,(H2,24,25,26). The number of morpholine rings is 2. The van der Waals surface area contributed by atoms with Crippen molar-refractivity contribution in [2.75, 3.05) is 86.4 Å². The van der Waals surface area contributed by atoms with Gasteiger partial charge < -0.3 is 24.8 Å². The summed E-state index contributed by atoms with van der Waals surface area (Å²) < 4.78 is 16.3. The van der Waals surface area contributed by atoms with E-state index in [0.717, 1.165) is 83.9 Å². The Bertz CT molecular complexity index is 658. The minimum absolute atomic E-state index is 0.249. The van der Waals surface area contributed by atoms with E-state index >= 15 is 0 Å². The lowest BCUT2D eigenvalue weighted by molar-refractivity contribution is 0.0170. The first kappa shape index (κ1) is 23.8. The van der Waals surface area contributed by atoms with Crippen LogP contribution in [0.5, 0.6) is 5.75 Å². The number of rotatable bonds is 9. The maximum absolute atomic E-state index is 5.57. The number of nitrogens with one attached hydrogen (secondary N) is 2. The summed E-state index contributed by atoms with van der Waals surface area (Å²) in [7, 11) is 3.53. The van der Waals surface area contributed by atoms with E-state index in [0.29, 0.717) is 5.92 Å². The summed E-state index contributed by atoms with van der Waals surface area (Å²) >= 11 is 0. The van der Waals surface area contributed by atoms with E-state index in [9.17, 15) is 0 Å². The zero-order valence-electron chi connectivity index (χ0n) is 19.3. The highest BCUT2D eigenvalue weighted by atomic mass is 16.5. The van der Waals surface area contributed by atoms with Crippen molar-refractivity contribution in [1.29, 1.82) is 0 Å². The monoisotopic (exact) mass is 433 g/mol. The number of guanidine groups is 1. The first-order valence-electron chi connectivity index (χ1n) is 11.4. The predicted octanol–water partition coefficient (Wildman–Crippen LogP) is 1.20. The highest BCUT2D eigenvalue weighted by Crippen LogP contribution is 2.23. The van der Waals surface area contributed by atoms with Crippen molar-refractivity contribution in [3.63, 3.8) is 0 Å². The number of hydrogen-bond donors (Lipinski definition) is 2. The molecule has 0 aromatic heterocycles. The van der Waals surface area contributed by atoms with Crippen molar-refractivity contribution in [3.8, 4) is 5.75 Å². The number of aliphatic imine (C=N–C) groups is 1. The fourth-order valence-electron chi connectivity index (χ4n) is 4.15. The van der Waals surface area contributed by atoms with E-state index in [4.69, 9.17) is 14.2 Å². The molecule has 0 aliphatic carbocycles. The van der Waals surface area contributed by atoms with Crippen LogP contribution in [0.1, 0.15) is 18.5 Å². The molecule has 8 heteroatoms. The topological polar surface area (TPSA) is 70.6 Å². The maximum atomic E-state index is 5.57. The molecule has 0 radical (unpaired) electrons. The summed E-state index contributed by atoms with van der Waals surface area (Å²) in [6.07, 6.45) is 0. The summed E-state index contributed by atoms with van der Waals surface area (Å²) in [5.41, 5.74) is 1.27. The van der Waals surface area contributed by atoms with E-state index in [1.165, 1.54) is 5.56 Å². The maximum Gasteiger partial charge on any atom is 0.191 e.